The van der Waals surface area contributed by atoms with Gasteiger partial charge in [0.1, 0.15) is 23.0 Å². The smallest absolute Gasteiger partial charge is 0.336 e. The van der Waals surface area contributed by atoms with Crippen molar-refractivity contribution in [2.45, 2.75) is 20.0 Å². The predicted molar refractivity (Wildman–Crippen MR) is 70.4 cm³/mol. The molecule has 2 aliphatic rings. The molecular formula is C15H16O4. The van der Waals surface area contributed by atoms with Crippen LogP contribution in [-0.4, -0.2) is 13.2 Å². The standard InChI is InChI=1S/C15H16O4/c1-8(2)14-15(17-3)10-6-9-4-5-13(16)18-11(9)7-12(10)19-14/h4-8,10,12H,1-3H3. The molecule has 0 amide bonds. The van der Waals surface area contributed by atoms with E-state index >= 15 is 0 Å². The number of fused-ring (bicyclic) bond motifs is 2. The summed E-state index contributed by atoms with van der Waals surface area (Å²) in [4.78, 5) is 11.3. The Balaban J connectivity index is 2.14. The molecule has 1 aliphatic carbocycles. The molecule has 4 nitrogen and oxygen atoms in total. The lowest BCUT2D eigenvalue weighted by atomic mass is 9.95. The Labute approximate surface area is 110 Å². The van der Waals surface area contributed by atoms with Crippen molar-refractivity contribution in [3.8, 4) is 0 Å². The van der Waals surface area contributed by atoms with Crippen LogP contribution in [-0.2, 0) is 9.47 Å². The molecule has 0 saturated carbocycles. The Morgan fingerprint density at radius 2 is 2.05 bits per heavy atom. The predicted octanol–water partition coefficient (Wildman–Crippen LogP) is 0.743. The second-order valence-corrected chi connectivity index (χ2v) is 5.10. The molecule has 0 N–H and O–H groups in total. The monoisotopic (exact) mass is 260 g/mol. The summed E-state index contributed by atoms with van der Waals surface area (Å²) in [5.74, 6) is 2.06. The van der Waals surface area contributed by atoms with Gasteiger partial charge in [-0.25, -0.2) is 4.79 Å². The summed E-state index contributed by atoms with van der Waals surface area (Å²) in [5.41, 5.74) is 0.234. The van der Waals surface area contributed by atoms with E-state index in [1.54, 1.807) is 13.2 Å². The van der Waals surface area contributed by atoms with Gasteiger partial charge in [-0.2, -0.15) is 0 Å². The zero-order chi connectivity index (χ0) is 13.6. The third-order valence-corrected chi connectivity index (χ3v) is 3.48. The minimum absolute atomic E-state index is 0.0580. The maximum atomic E-state index is 11.3. The molecule has 4 heteroatoms. The van der Waals surface area contributed by atoms with E-state index in [2.05, 4.69) is 13.8 Å². The van der Waals surface area contributed by atoms with Gasteiger partial charge in [0.25, 0.3) is 0 Å². The maximum Gasteiger partial charge on any atom is 0.336 e. The van der Waals surface area contributed by atoms with E-state index in [4.69, 9.17) is 13.9 Å². The zero-order valence-corrected chi connectivity index (χ0v) is 11.2. The van der Waals surface area contributed by atoms with Gasteiger partial charge in [0, 0.05) is 23.3 Å². The van der Waals surface area contributed by atoms with E-state index in [0.717, 1.165) is 16.7 Å². The van der Waals surface area contributed by atoms with Gasteiger partial charge < -0.3 is 13.9 Å². The molecule has 0 fully saturated rings. The highest BCUT2D eigenvalue weighted by atomic mass is 16.5. The molecular weight excluding hydrogens is 244 g/mol. The molecule has 100 valence electrons. The summed E-state index contributed by atoms with van der Waals surface area (Å²) in [7, 11) is 1.66. The summed E-state index contributed by atoms with van der Waals surface area (Å²) < 4.78 is 16.6. The summed E-state index contributed by atoms with van der Waals surface area (Å²) >= 11 is 0. The maximum absolute atomic E-state index is 11.3. The molecule has 0 bridgehead atoms. The number of rotatable bonds is 2. The first-order chi connectivity index (χ1) is 9.10. The lowest BCUT2D eigenvalue weighted by molar-refractivity contribution is 0.158. The van der Waals surface area contributed by atoms with E-state index in [1.165, 1.54) is 6.07 Å². The Hall–Kier alpha value is -1.97. The van der Waals surface area contributed by atoms with Crippen LogP contribution in [0.25, 0.3) is 12.2 Å². The van der Waals surface area contributed by atoms with Gasteiger partial charge >= 0.3 is 5.63 Å². The van der Waals surface area contributed by atoms with Crippen molar-refractivity contribution in [2.24, 2.45) is 11.8 Å². The Morgan fingerprint density at radius 3 is 2.74 bits per heavy atom. The molecule has 2 atom stereocenters. The van der Waals surface area contributed by atoms with Crippen molar-refractivity contribution in [2.75, 3.05) is 7.11 Å². The SMILES string of the molecule is COC1=C(C(C)C)OC2C=c3oc(=O)ccc3=CC12. The molecule has 19 heavy (non-hydrogen) atoms. The van der Waals surface area contributed by atoms with Gasteiger partial charge in [-0.3, -0.25) is 0 Å². The number of hydrogen-bond donors (Lipinski definition) is 0. The first-order valence-corrected chi connectivity index (χ1v) is 6.38. The summed E-state index contributed by atoms with van der Waals surface area (Å²) in [5, 5.41) is 0.906. The lowest BCUT2D eigenvalue weighted by Crippen LogP contribution is -2.36. The minimum atomic E-state index is -0.344. The largest absolute Gasteiger partial charge is 0.497 e. The normalized spacial score (nSPS) is 24.2. The second-order valence-electron chi connectivity index (χ2n) is 5.10. The van der Waals surface area contributed by atoms with Gasteiger partial charge in [-0.15, -0.1) is 0 Å². The quantitative estimate of drug-likeness (QED) is 0.787. The fourth-order valence-electron chi connectivity index (χ4n) is 2.61. The number of allylic oxidation sites excluding steroid dienone is 1. The summed E-state index contributed by atoms with van der Waals surface area (Å²) in [6.45, 7) is 4.14. The van der Waals surface area contributed by atoms with E-state index in [1.807, 2.05) is 12.2 Å². The molecule has 1 aromatic rings. The van der Waals surface area contributed by atoms with Gasteiger partial charge in [0.05, 0.1) is 13.0 Å². The van der Waals surface area contributed by atoms with Crippen molar-refractivity contribution in [3.63, 3.8) is 0 Å². The van der Waals surface area contributed by atoms with E-state index < -0.39 is 0 Å². The Kier molecular flexibility index (Phi) is 2.73. The molecule has 1 aromatic heterocycles. The van der Waals surface area contributed by atoms with Crippen molar-refractivity contribution < 1.29 is 13.9 Å². The van der Waals surface area contributed by atoms with E-state index in [0.29, 0.717) is 5.42 Å². The van der Waals surface area contributed by atoms with Crippen molar-refractivity contribution >= 4 is 12.2 Å². The fourth-order valence-corrected chi connectivity index (χ4v) is 2.61. The van der Waals surface area contributed by atoms with Crippen LogP contribution in [0.4, 0.5) is 0 Å². The van der Waals surface area contributed by atoms with Gasteiger partial charge in [-0.05, 0) is 6.07 Å². The zero-order valence-electron chi connectivity index (χ0n) is 11.2. The first-order valence-electron chi connectivity index (χ1n) is 6.38. The highest BCUT2D eigenvalue weighted by Crippen LogP contribution is 2.37. The van der Waals surface area contributed by atoms with E-state index in [-0.39, 0.29) is 23.6 Å². The molecule has 1 aliphatic heterocycles. The van der Waals surface area contributed by atoms with Crippen LogP contribution in [0, 0.1) is 11.8 Å². The summed E-state index contributed by atoms with van der Waals surface area (Å²) in [6.07, 6.45) is 3.75. The fraction of sp³-hybridized carbons (Fsp3) is 0.400. The average molecular weight is 260 g/mol. The molecule has 0 saturated heterocycles. The minimum Gasteiger partial charge on any atom is -0.497 e. The average Bonchev–Trinajstić information content (AvgIpc) is 2.73. The number of ether oxygens (including phenoxy) is 2. The molecule has 3 rings (SSSR count). The van der Waals surface area contributed by atoms with Crippen molar-refractivity contribution in [1.82, 2.24) is 0 Å². The Bertz CT molecular complexity index is 708. The third kappa shape index (κ3) is 1.87. The Morgan fingerprint density at radius 1 is 1.26 bits per heavy atom. The van der Waals surface area contributed by atoms with Crippen LogP contribution in [0.1, 0.15) is 13.8 Å². The van der Waals surface area contributed by atoms with Gasteiger partial charge in [-0.1, -0.05) is 19.9 Å². The van der Waals surface area contributed by atoms with Crippen molar-refractivity contribution in [3.05, 3.63) is 44.7 Å². The summed E-state index contributed by atoms with van der Waals surface area (Å²) in [6, 6.07) is 3.20. The van der Waals surface area contributed by atoms with E-state index in [9.17, 15) is 4.79 Å². The highest BCUT2D eigenvalue weighted by molar-refractivity contribution is 5.49. The molecule has 2 heterocycles. The topological polar surface area (TPSA) is 48.7 Å². The molecule has 2 unspecified atom stereocenters. The van der Waals surface area contributed by atoms with Gasteiger partial charge in [0.15, 0.2) is 0 Å². The van der Waals surface area contributed by atoms with Crippen LogP contribution in [0.15, 0.2) is 32.9 Å². The van der Waals surface area contributed by atoms with Crippen LogP contribution < -0.4 is 16.3 Å². The van der Waals surface area contributed by atoms with Crippen LogP contribution >= 0.6 is 0 Å². The first kappa shape index (κ1) is 12.1. The number of methoxy groups -OCH3 is 1. The molecule has 0 aromatic carbocycles. The van der Waals surface area contributed by atoms with Gasteiger partial charge in [0.2, 0.25) is 0 Å². The third-order valence-electron chi connectivity index (χ3n) is 3.48. The number of hydrogen-bond acceptors (Lipinski definition) is 4. The second kappa shape index (κ2) is 4.30. The van der Waals surface area contributed by atoms with Crippen molar-refractivity contribution in [1.29, 1.82) is 0 Å². The van der Waals surface area contributed by atoms with Crippen LogP contribution in [0.3, 0.4) is 0 Å². The molecule has 0 radical (unpaired) electrons. The van der Waals surface area contributed by atoms with Crippen LogP contribution in [0.5, 0.6) is 0 Å². The highest BCUT2D eigenvalue weighted by Gasteiger charge is 2.37. The van der Waals surface area contributed by atoms with Crippen LogP contribution in [0.2, 0.25) is 0 Å². The molecule has 0 spiro atoms. The lowest BCUT2D eigenvalue weighted by Gasteiger charge is -2.16.